The van der Waals surface area contributed by atoms with E-state index in [1.54, 1.807) is 0 Å². The van der Waals surface area contributed by atoms with Crippen LogP contribution in [0.3, 0.4) is 0 Å². The molecular weight excluding hydrogens is 354 g/mol. The fourth-order valence-electron chi connectivity index (χ4n) is 3.08. The summed E-state index contributed by atoms with van der Waals surface area (Å²) in [7, 11) is 1.99. The number of allylic oxidation sites excluding steroid dienone is 6. The Labute approximate surface area is 178 Å². The third-order valence-electron chi connectivity index (χ3n) is 4.77. The summed E-state index contributed by atoms with van der Waals surface area (Å²) in [6.07, 6.45) is 14.9. The SMILES string of the molecule is C/C=C\C(=CCCC)c1nc(C(C)c2cccc(CC)c2)n(C)n1.C/C=C\CC. The number of unbranched alkanes of at least 4 members (excludes halogenated alkanes) is 1. The molecule has 0 radical (unpaired) electrons. The lowest BCUT2D eigenvalue weighted by molar-refractivity contribution is 0.671. The lowest BCUT2D eigenvalue weighted by atomic mass is 9.97. The fourth-order valence-corrected chi connectivity index (χ4v) is 3.08. The topological polar surface area (TPSA) is 30.7 Å². The van der Waals surface area contributed by atoms with Gasteiger partial charge in [-0.25, -0.2) is 4.98 Å². The van der Waals surface area contributed by atoms with E-state index in [1.165, 1.54) is 11.1 Å². The van der Waals surface area contributed by atoms with Gasteiger partial charge in [0.15, 0.2) is 5.82 Å². The Morgan fingerprint density at radius 2 is 1.90 bits per heavy atom. The van der Waals surface area contributed by atoms with Crippen LogP contribution >= 0.6 is 0 Å². The Kier molecular flexibility index (Phi) is 11.6. The Morgan fingerprint density at radius 1 is 1.14 bits per heavy atom. The van der Waals surface area contributed by atoms with Crippen LogP contribution in [0.5, 0.6) is 0 Å². The van der Waals surface area contributed by atoms with Crippen LogP contribution in [0.1, 0.15) is 89.5 Å². The number of benzene rings is 1. The maximum absolute atomic E-state index is 4.85. The van der Waals surface area contributed by atoms with E-state index in [1.807, 2.05) is 31.7 Å². The molecule has 0 aliphatic rings. The maximum atomic E-state index is 4.85. The lowest BCUT2D eigenvalue weighted by Crippen LogP contribution is -2.05. The molecule has 29 heavy (non-hydrogen) atoms. The summed E-state index contributed by atoms with van der Waals surface area (Å²) in [6, 6.07) is 8.76. The van der Waals surface area contributed by atoms with Crippen molar-refractivity contribution < 1.29 is 0 Å². The molecule has 0 N–H and O–H groups in total. The van der Waals surface area contributed by atoms with Crippen LogP contribution in [-0.2, 0) is 13.5 Å². The minimum Gasteiger partial charge on any atom is -0.252 e. The van der Waals surface area contributed by atoms with E-state index in [0.717, 1.165) is 42.9 Å². The summed E-state index contributed by atoms with van der Waals surface area (Å²) in [5.41, 5.74) is 3.76. The van der Waals surface area contributed by atoms with Gasteiger partial charge in [0.05, 0.1) is 0 Å². The van der Waals surface area contributed by atoms with E-state index >= 15 is 0 Å². The first-order valence-electron chi connectivity index (χ1n) is 11.0. The summed E-state index contributed by atoms with van der Waals surface area (Å²) in [5.74, 6) is 2.04. The summed E-state index contributed by atoms with van der Waals surface area (Å²) in [6.45, 7) is 12.8. The molecule has 1 heterocycles. The molecule has 2 rings (SSSR count). The van der Waals surface area contributed by atoms with Crippen LogP contribution in [0.25, 0.3) is 5.57 Å². The van der Waals surface area contributed by atoms with Crippen molar-refractivity contribution in [1.82, 2.24) is 14.8 Å². The van der Waals surface area contributed by atoms with Crippen LogP contribution in [0, 0.1) is 0 Å². The highest BCUT2D eigenvalue weighted by atomic mass is 15.3. The van der Waals surface area contributed by atoms with Crippen molar-refractivity contribution in [3.8, 4) is 0 Å². The lowest BCUT2D eigenvalue weighted by Gasteiger charge is -2.12. The van der Waals surface area contributed by atoms with Crippen LogP contribution in [0.15, 0.2) is 54.6 Å². The van der Waals surface area contributed by atoms with E-state index in [0.29, 0.717) is 0 Å². The van der Waals surface area contributed by atoms with Gasteiger partial charge in [0.25, 0.3) is 0 Å². The number of aromatic nitrogens is 3. The van der Waals surface area contributed by atoms with E-state index < -0.39 is 0 Å². The molecule has 0 amide bonds. The third-order valence-corrected chi connectivity index (χ3v) is 4.77. The molecule has 0 aliphatic carbocycles. The zero-order chi connectivity index (χ0) is 21.6. The Hall–Kier alpha value is -2.42. The average Bonchev–Trinajstić information content (AvgIpc) is 3.13. The third kappa shape index (κ3) is 7.84. The van der Waals surface area contributed by atoms with Crippen LogP contribution in [-0.4, -0.2) is 14.8 Å². The first kappa shape index (κ1) is 24.6. The van der Waals surface area contributed by atoms with Gasteiger partial charge in [-0.3, -0.25) is 4.68 Å². The molecule has 0 saturated carbocycles. The Balaban J connectivity index is 0.000000749. The predicted molar refractivity (Wildman–Crippen MR) is 127 cm³/mol. The van der Waals surface area contributed by atoms with Gasteiger partial charge in [-0.15, -0.1) is 0 Å². The second-order valence-corrected chi connectivity index (χ2v) is 7.16. The van der Waals surface area contributed by atoms with Crippen LogP contribution in [0.4, 0.5) is 0 Å². The highest BCUT2D eigenvalue weighted by Crippen LogP contribution is 2.25. The van der Waals surface area contributed by atoms with E-state index in [2.05, 4.69) is 81.4 Å². The molecule has 158 valence electrons. The maximum Gasteiger partial charge on any atom is 0.181 e. The van der Waals surface area contributed by atoms with Gasteiger partial charge in [0.1, 0.15) is 5.82 Å². The quantitative estimate of drug-likeness (QED) is 0.349. The summed E-state index contributed by atoms with van der Waals surface area (Å²) in [4.78, 5) is 4.85. The summed E-state index contributed by atoms with van der Waals surface area (Å²) < 4.78 is 1.92. The molecule has 0 spiro atoms. The average molecular weight is 394 g/mol. The second kappa shape index (κ2) is 13.7. The first-order valence-corrected chi connectivity index (χ1v) is 11.0. The van der Waals surface area contributed by atoms with Crippen molar-refractivity contribution in [3.63, 3.8) is 0 Å². The van der Waals surface area contributed by atoms with Crippen molar-refractivity contribution in [2.45, 2.75) is 73.1 Å². The summed E-state index contributed by atoms with van der Waals surface area (Å²) in [5, 5.41) is 4.66. The largest absolute Gasteiger partial charge is 0.252 e. The van der Waals surface area contributed by atoms with Crippen LogP contribution in [0.2, 0.25) is 0 Å². The molecule has 3 nitrogen and oxygen atoms in total. The normalized spacial score (nSPS) is 13.0. The molecule has 0 saturated heterocycles. The molecular formula is C26H39N3. The molecule has 1 aromatic carbocycles. The van der Waals surface area contributed by atoms with Gasteiger partial charge in [-0.2, -0.15) is 5.10 Å². The highest BCUT2D eigenvalue weighted by molar-refractivity contribution is 5.69. The number of hydrogen-bond donors (Lipinski definition) is 0. The zero-order valence-corrected chi connectivity index (χ0v) is 19.4. The number of aryl methyl sites for hydroxylation is 2. The smallest absolute Gasteiger partial charge is 0.181 e. The van der Waals surface area contributed by atoms with E-state index in [-0.39, 0.29) is 5.92 Å². The van der Waals surface area contributed by atoms with Crippen molar-refractivity contribution in [3.05, 3.63) is 77.4 Å². The molecule has 1 atom stereocenters. The van der Waals surface area contributed by atoms with Crippen LogP contribution < -0.4 is 0 Å². The molecule has 0 aliphatic heterocycles. The van der Waals surface area contributed by atoms with Crippen molar-refractivity contribution in [1.29, 1.82) is 0 Å². The van der Waals surface area contributed by atoms with Crippen molar-refractivity contribution >= 4 is 5.57 Å². The Morgan fingerprint density at radius 3 is 2.45 bits per heavy atom. The van der Waals surface area contributed by atoms with Gasteiger partial charge in [0.2, 0.25) is 0 Å². The standard InChI is InChI=1S/C21H29N3.C5H10/c1-6-9-13-18(11-7-2)20-22-21(24(5)23-20)16(4)19-14-10-12-17(8-3)15-19;1-3-5-4-2/h7,10-16H,6,8-9H2,1-5H3;3,5H,4H2,1-2H3/b11-7-,18-13?;5-3-. The van der Waals surface area contributed by atoms with Crippen molar-refractivity contribution in [2.24, 2.45) is 7.05 Å². The number of nitrogens with zero attached hydrogens (tertiary/aromatic N) is 3. The molecule has 3 heteroatoms. The van der Waals surface area contributed by atoms with E-state index in [9.17, 15) is 0 Å². The molecule has 0 bridgehead atoms. The molecule has 2 aromatic rings. The van der Waals surface area contributed by atoms with Gasteiger partial charge < -0.3 is 0 Å². The van der Waals surface area contributed by atoms with Gasteiger partial charge in [-0.1, -0.05) is 88.8 Å². The molecule has 1 unspecified atom stereocenters. The highest BCUT2D eigenvalue weighted by Gasteiger charge is 2.17. The summed E-state index contributed by atoms with van der Waals surface area (Å²) >= 11 is 0. The number of rotatable bonds is 8. The minimum absolute atomic E-state index is 0.223. The minimum atomic E-state index is 0.223. The first-order chi connectivity index (χ1) is 14.0. The Bertz CT molecular complexity index is 809. The van der Waals surface area contributed by atoms with Gasteiger partial charge in [-0.05, 0) is 44.2 Å². The second-order valence-electron chi connectivity index (χ2n) is 7.16. The monoisotopic (exact) mass is 393 g/mol. The fraction of sp³-hybridized carbons (Fsp3) is 0.462. The van der Waals surface area contributed by atoms with Gasteiger partial charge in [0, 0.05) is 18.5 Å². The predicted octanol–water partition coefficient (Wildman–Crippen LogP) is 7.26. The van der Waals surface area contributed by atoms with Crippen molar-refractivity contribution in [2.75, 3.05) is 0 Å². The van der Waals surface area contributed by atoms with E-state index in [4.69, 9.17) is 4.98 Å². The number of hydrogen-bond acceptors (Lipinski definition) is 2. The molecule has 1 aromatic heterocycles. The molecule has 0 fully saturated rings. The zero-order valence-electron chi connectivity index (χ0n) is 19.4. The van der Waals surface area contributed by atoms with Gasteiger partial charge >= 0.3 is 0 Å².